The zero-order valence-corrected chi connectivity index (χ0v) is 21.8. The van der Waals surface area contributed by atoms with Gasteiger partial charge in [-0.2, -0.15) is 0 Å². The van der Waals surface area contributed by atoms with Crippen molar-refractivity contribution in [3.05, 3.63) is 0 Å². The zero-order valence-electron chi connectivity index (χ0n) is 21.8. The molecule has 202 valence electrons. The fourth-order valence-electron chi connectivity index (χ4n) is 4.87. The number of aliphatic hydroxyl groups is 3. The van der Waals surface area contributed by atoms with Gasteiger partial charge in [-0.15, -0.1) is 0 Å². The molecular weight excluding hydrogens is 456 g/mol. The fraction of sp³-hybridized carbons (Fsp3) is 0.875. The van der Waals surface area contributed by atoms with Gasteiger partial charge in [-0.05, 0) is 57.3 Å². The molecular formula is C24H44N4O7. The van der Waals surface area contributed by atoms with Gasteiger partial charge < -0.3 is 31.1 Å². The average molecular weight is 501 g/mol. The van der Waals surface area contributed by atoms with Crippen molar-refractivity contribution >= 4 is 17.7 Å². The van der Waals surface area contributed by atoms with Crippen molar-refractivity contribution in [2.24, 2.45) is 23.5 Å². The molecule has 7 N–H and O–H groups in total. The molecule has 2 aliphatic heterocycles. The number of carbonyl (C=O) groups excluding carboxylic acids is 3. The van der Waals surface area contributed by atoms with Crippen LogP contribution in [0.25, 0.3) is 0 Å². The van der Waals surface area contributed by atoms with Crippen molar-refractivity contribution in [3.8, 4) is 0 Å². The second-order valence-corrected chi connectivity index (χ2v) is 11.0. The molecule has 35 heavy (non-hydrogen) atoms. The largest absolute Gasteiger partial charge is 0.390 e. The molecule has 2 aliphatic rings. The summed E-state index contributed by atoms with van der Waals surface area (Å²) < 4.78 is 5.80. The minimum absolute atomic E-state index is 0.0257. The summed E-state index contributed by atoms with van der Waals surface area (Å²) in [4.78, 5) is 38.6. The number of amides is 3. The summed E-state index contributed by atoms with van der Waals surface area (Å²) in [5, 5.41) is 36.6. The number of nitrogens with zero attached hydrogens (tertiary/aromatic N) is 1. The Morgan fingerprint density at radius 1 is 1.26 bits per heavy atom. The predicted octanol–water partition coefficient (Wildman–Crippen LogP) is -0.230. The maximum Gasteiger partial charge on any atom is 0.262 e. The lowest BCUT2D eigenvalue weighted by Crippen LogP contribution is -2.69. The molecule has 2 fully saturated rings. The topological polar surface area (TPSA) is 174 Å². The van der Waals surface area contributed by atoms with E-state index in [9.17, 15) is 29.7 Å². The molecule has 0 radical (unpaired) electrons. The van der Waals surface area contributed by atoms with E-state index in [1.807, 2.05) is 0 Å². The van der Waals surface area contributed by atoms with Crippen molar-refractivity contribution in [1.82, 2.24) is 15.8 Å². The van der Waals surface area contributed by atoms with E-state index in [0.717, 1.165) is 18.4 Å². The molecule has 0 aromatic carbocycles. The van der Waals surface area contributed by atoms with Crippen LogP contribution in [-0.4, -0.2) is 80.3 Å². The van der Waals surface area contributed by atoms with Crippen molar-refractivity contribution in [2.75, 3.05) is 6.54 Å². The van der Waals surface area contributed by atoms with Gasteiger partial charge in [0, 0.05) is 13.0 Å². The number of hydrazine groups is 1. The number of rotatable bonds is 9. The lowest BCUT2D eigenvalue weighted by molar-refractivity contribution is -0.325. The van der Waals surface area contributed by atoms with Gasteiger partial charge in [-0.1, -0.05) is 27.7 Å². The second-order valence-electron chi connectivity index (χ2n) is 11.0. The number of nitrogens with one attached hydrogen (secondary N) is 2. The number of ether oxygens (including phenoxy) is 1. The average Bonchev–Trinajstić information content (AvgIpc) is 2.77. The first kappa shape index (κ1) is 29.4. The van der Waals surface area contributed by atoms with Gasteiger partial charge in [0.1, 0.15) is 12.1 Å². The highest BCUT2D eigenvalue weighted by atomic mass is 16.6. The Kier molecular flexibility index (Phi) is 9.68. The van der Waals surface area contributed by atoms with Crippen LogP contribution in [0.3, 0.4) is 0 Å². The van der Waals surface area contributed by atoms with Crippen LogP contribution in [0.5, 0.6) is 0 Å². The van der Waals surface area contributed by atoms with E-state index in [4.69, 9.17) is 10.5 Å². The van der Waals surface area contributed by atoms with Crippen LogP contribution >= 0.6 is 0 Å². The first-order chi connectivity index (χ1) is 16.1. The molecule has 7 atom stereocenters. The van der Waals surface area contributed by atoms with Crippen molar-refractivity contribution < 1.29 is 34.4 Å². The smallest absolute Gasteiger partial charge is 0.262 e. The Balaban J connectivity index is 2.25. The van der Waals surface area contributed by atoms with Crippen LogP contribution in [-0.2, 0) is 19.1 Å². The van der Waals surface area contributed by atoms with Crippen LogP contribution in [0.4, 0.5) is 0 Å². The third kappa shape index (κ3) is 6.51. The van der Waals surface area contributed by atoms with Gasteiger partial charge in [-0.25, -0.2) is 5.43 Å². The van der Waals surface area contributed by atoms with Crippen molar-refractivity contribution in [2.45, 2.75) is 109 Å². The number of hydrogen-bond donors (Lipinski definition) is 6. The molecule has 0 aliphatic carbocycles. The Morgan fingerprint density at radius 2 is 1.89 bits per heavy atom. The minimum Gasteiger partial charge on any atom is -0.390 e. The quantitative estimate of drug-likeness (QED) is 0.252. The summed E-state index contributed by atoms with van der Waals surface area (Å²) >= 11 is 0. The summed E-state index contributed by atoms with van der Waals surface area (Å²) in [5.41, 5.74) is 5.86. The first-order valence-electron chi connectivity index (χ1n) is 12.6. The number of carbonyl (C=O) groups is 3. The molecule has 2 rings (SSSR count). The van der Waals surface area contributed by atoms with E-state index >= 15 is 0 Å². The van der Waals surface area contributed by atoms with E-state index in [2.05, 4.69) is 24.6 Å². The Hall–Kier alpha value is -1.79. The highest BCUT2D eigenvalue weighted by Crippen LogP contribution is 2.40. The third-order valence-electron chi connectivity index (χ3n) is 7.27. The normalized spacial score (nSPS) is 31.1. The van der Waals surface area contributed by atoms with Gasteiger partial charge >= 0.3 is 0 Å². The van der Waals surface area contributed by atoms with Crippen molar-refractivity contribution in [1.29, 1.82) is 0 Å². The van der Waals surface area contributed by atoms with Gasteiger partial charge in [0.2, 0.25) is 11.7 Å². The van der Waals surface area contributed by atoms with E-state index < -0.39 is 59.3 Å². The Morgan fingerprint density at radius 3 is 2.40 bits per heavy atom. The monoisotopic (exact) mass is 500 g/mol. The maximum absolute atomic E-state index is 13.4. The SMILES string of the molecule is CC(C)CC1CCC(O)(C(C)(O)C(=O)NC(C(=O)N2NCCCC2C(N)=O)C(O)C(C)C)OC1C. The highest BCUT2D eigenvalue weighted by molar-refractivity contribution is 5.94. The lowest BCUT2D eigenvalue weighted by atomic mass is 9.79. The van der Waals surface area contributed by atoms with E-state index in [-0.39, 0.29) is 12.3 Å². The Bertz CT molecular complexity index is 775. The van der Waals surface area contributed by atoms with Gasteiger partial charge in [-0.3, -0.25) is 19.4 Å². The zero-order chi connectivity index (χ0) is 26.7. The molecule has 11 heteroatoms. The molecule has 3 amide bonds. The molecule has 0 aromatic rings. The van der Waals surface area contributed by atoms with Crippen molar-refractivity contribution in [3.63, 3.8) is 0 Å². The first-order valence-corrected chi connectivity index (χ1v) is 12.6. The fourth-order valence-corrected chi connectivity index (χ4v) is 4.87. The predicted molar refractivity (Wildman–Crippen MR) is 128 cm³/mol. The van der Waals surface area contributed by atoms with Gasteiger partial charge in [0.15, 0.2) is 5.60 Å². The molecule has 2 saturated heterocycles. The summed E-state index contributed by atoms with van der Waals surface area (Å²) in [5.74, 6) is -4.58. The molecule has 0 spiro atoms. The molecule has 0 aromatic heterocycles. The molecule has 0 bridgehead atoms. The maximum atomic E-state index is 13.4. The van der Waals surface area contributed by atoms with Crippen LogP contribution in [0.15, 0.2) is 0 Å². The summed E-state index contributed by atoms with van der Waals surface area (Å²) in [7, 11) is 0. The van der Waals surface area contributed by atoms with E-state index in [1.54, 1.807) is 20.8 Å². The van der Waals surface area contributed by atoms with Gasteiger partial charge in [0.25, 0.3) is 11.8 Å². The summed E-state index contributed by atoms with van der Waals surface area (Å²) in [6.45, 7) is 10.9. The van der Waals surface area contributed by atoms with Crippen LogP contribution in [0, 0.1) is 17.8 Å². The number of hydrogen-bond acceptors (Lipinski definition) is 8. The van der Waals surface area contributed by atoms with Crippen LogP contribution < -0.4 is 16.5 Å². The summed E-state index contributed by atoms with van der Waals surface area (Å²) in [6, 6.07) is -2.44. The number of primary amides is 1. The van der Waals surface area contributed by atoms with E-state index in [0.29, 0.717) is 31.7 Å². The minimum atomic E-state index is -2.42. The number of aliphatic hydroxyl groups excluding tert-OH is 1. The van der Waals surface area contributed by atoms with E-state index in [1.165, 1.54) is 0 Å². The van der Waals surface area contributed by atoms with Gasteiger partial charge in [0.05, 0.1) is 12.2 Å². The summed E-state index contributed by atoms with van der Waals surface area (Å²) in [6.07, 6.45) is 0.682. The number of nitrogens with two attached hydrogens (primary N) is 1. The van der Waals surface area contributed by atoms with Crippen LogP contribution in [0.1, 0.15) is 73.6 Å². The molecule has 2 heterocycles. The van der Waals surface area contributed by atoms with Crippen LogP contribution in [0.2, 0.25) is 0 Å². The Labute approximate surface area is 207 Å². The lowest BCUT2D eigenvalue weighted by Gasteiger charge is -2.47. The third-order valence-corrected chi connectivity index (χ3v) is 7.27. The molecule has 7 unspecified atom stereocenters. The second kappa shape index (κ2) is 11.5. The highest BCUT2D eigenvalue weighted by Gasteiger charge is 2.56. The molecule has 0 saturated carbocycles. The molecule has 11 nitrogen and oxygen atoms in total. The standard InChI is InChI=1S/C24H44N4O7/c1-13(2)12-16-9-10-24(34,35-15(16)5)23(6,33)22(32)27-18(19(29)14(3)4)21(31)28-17(20(25)30)8-7-11-26-28/h13-19,26,29,33-34H,7-12H2,1-6H3,(H2,25,30)(H,27,32).